The van der Waals surface area contributed by atoms with Gasteiger partial charge in [-0.05, 0) is 25.0 Å². The summed E-state index contributed by atoms with van der Waals surface area (Å²) in [5.74, 6) is 0. The average Bonchev–Trinajstić information content (AvgIpc) is 2.40. The van der Waals surface area contributed by atoms with Gasteiger partial charge < -0.3 is 11.1 Å². The molecular weight excluding hydrogens is 267 g/mol. The molecule has 1 heterocycles. The van der Waals surface area contributed by atoms with Gasteiger partial charge in [-0.15, -0.1) is 0 Å². The first-order valence-corrected chi connectivity index (χ1v) is 6.40. The molecule has 2 rings (SSSR count). The van der Waals surface area contributed by atoms with Crippen LogP contribution in [0.1, 0.15) is 19.3 Å². The Hall–Kier alpha value is -1.98. The molecule has 0 amide bonds. The summed E-state index contributed by atoms with van der Waals surface area (Å²) < 4.78 is 36.0. The van der Waals surface area contributed by atoms with Crippen molar-refractivity contribution in [2.24, 2.45) is 0 Å². The van der Waals surface area contributed by atoms with Crippen molar-refractivity contribution < 1.29 is 13.2 Å². The number of nitrogens with two attached hydrogens (primary N) is 1. The summed E-state index contributed by atoms with van der Waals surface area (Å²) in [6.45, 7) is 0.469. The zero-order valence-corrected chi connectivity index (χ0v) is 10.9. The number of anilines is 2. The predicted octanol–water partition coefficient (Wildman–Crippen LogP) is 3.96. The first-order chi connectivity index (χ1) is 9.47. The van der Waals surface area contributed by atoms with Gasteiger partial charge >= 0.3 is 6.18 Å². The molecule has 20 heavy (non-hydrogen) atoms. The lowest BCUT2D eigenvalue weighted by atomic mass is 10.1. The zero-order valence-electron chi connectivity index (χ0n) is 10.9. The van der Waals surface area contributed by atoms with Crippen LogP contribution >= 0.6 is 0 Å². The molecule has 0 fully saturated rings. The third-order valence-corrected chi connectivity index (χ3v) is 3.06. The maximum Gasteiger partial charge on any atom is 0.389 e. The number of rotatable bonds is 5. The fourth-order valence-corrected chi connectivity index (χ4v) is 2.02. The average molecular weight is 283 g/mol. The molecule has 2 aromatic rings. The van der Waals surface area contributed by atoms with E-state index >= 15 is 0 Å². The van der Waals surface area contributed by atoms with E-state index in [0.29, 0.717) is 18.7 Å². The van der Waals surface area contributed by atoms with Crippen molar-refractivity contribution in [2.75, 3.05) is 17.6 Å². The number of hydrogen-bond acceptors (Lipinski definition) is 3. The van der Waals surface area contributed by atoms with Crippen molar-refractivity contribution in [2.45, 2.75) is 25.4 Å². The second-order valence-corrected chi connectivity index (χ2v) is 4.62. The van der Waals surface area contributed by atoms with Gasteiger partial charge in [0.25, 0.3) is 0 Å². The molecule has 0 unspecified atom stereocenters. The van der Waals surface area contributed by atoms with Crippen molar-refractivity contribution >= 4 is 22.1 Å². The minimum atomic E-state index is -4.07. The Morgan fingerprint density at radius 3 is 2.70 bits per heavy atom. The van der Waals surface area contributed by atoms with Gasteiger partial charge in [0, 0.05) is 36.1 Å². The van der Waals surface area contributed by atoms with Crippen LogP contribution in [0.15, 0.2) is 30.6 Å². The van der Waals surface area contributed by atoms with E-state index in [1.807, 2.05) is 18.2 Å². The molecule has 108 valence electrons. The van der Waals surface area contributed by atoms with Crippen molar-refractivity contribution in [1.82, 2.24) is 4.98 Å². The van der Waals surface area contributed by atoms with Crippen LogP contribution in [0.2, 0.25) is 0 Å². The minimum absolute atomic E-state index is 0.119. The van der Waals surface area contributed by atoms with E-state index in [0.717, 1.165) is 16.5 Å². The van der Waals surface area contributed by atoms with Gasteiger partial charge in [-0.2, -0.15) is 13.2 Å². The summed E-state index contributed by atoms with van der Waals surface area (Å²) in [5.41, 5.74) is 7.38. The monoisotopic (exact) mass is 283 g/mol. The van der Waals surface area contributed by atoms with E-state index in [1.54, 1.807) is 12.4 Å². The highest BCUT2D eigenvalue weighted by molar-refractivity contribution is 5.98. The number of alkyl halides is 3. The second-order valence-electron chi connectivity index (χ2n) is 4.62. The van der Waals surface area contributed by atoms with Gasteiger partial charge in [0.15, 0.2) is 0 Å². The zero-order chi connectivity index (χ0) is 14.6. The van der Waals surface area contributed by atoms with Gasteiger partial charge in [-0.1, -0.05) is 6.07 Å². The summed E-state index contributed by atoms with van der Waals surface area (Å²) in [4.78, 5) is 4.01. The van der Waals surface area contributed by atoms with Crippen molar-refractivity contribution in [3.8, 4) is 0 Å². The highest BCUT2D eigenvalue weighted by atomic mass is 19.4. The third kappa shape index (κ3) is 3.76. The molecule has 0 saturated carbocycles. The standard InChI is InChI=1S/C14H16F3N3/c15-14(16,17)6-1-2-7-20-12-4-3-10-9-19-8-5-11(10)13(12)18/h3-5,8-9,20H,1-2,6-7,18H2. The number of halogens is 3. The summed E-state index contributed by atoms with van der Waals surface area (Å²) in [5, 5.41) is 4.91. The molecule has 3 nitrogen and oxygen atoms in total. The van der Waals surface area contributed by atoms with Gasteiger partial charge in [-0.3, -0.25) is 4.98 Å². The van der Waals surface area contributed by atoms with Crippen molar-refractivity contribution in [3.63, 3.8) is 0 Å². The molecule has 3 N–H and O–H groups in total. The molecule has 0 saturated heterocycles. The molecule has 0 atom stereocenters. The van der Waals surface area contributed by atoms with Crippen LogP contribution < -0.4 is 11.1 Å². The van der Waals surface area contributed by atoms with Gasteiger partial charge in [0.2, 0.25) is 0 Å². The number of benzene rings is 1. The number of aromatic nitrogens is 1. The van der Waals surface area contributed by atoms with Crippen LogP contribution in [0, 0.1) is 0 Å². The lowest BCUT2D eigenvalue weighted by molar-refractivity contribution is -0.135. The highest BCUT2D eigenvalue weighted by Gasteiger charge is 2.25. The first-order valence-electron chi connectivity index (χ1n) is 6.40. The van der Waals surface area contributed by atoms with Crippen LogP contribution in [0.5, 0.6) is 0 Å². The number of nitrogens with zero attached hydrogens (tertiary/aromatic N) is 1. The molecular formula is C14H16F3N3. The van der Waals surface area contributed by atoms with Crippen molar-refractivity contribution in [1.29, 1.82) is 0 Å². The molecule has 6 heteroatoms. The number of fused-ring (bicyclic) bond motifs is 1. The Morgan fingerprint density at radius 1 is 1.15 bits per heavy atom. The highest BCUT2D eigenvalue weighted by Crippen LogP contribution is 2.28. The number of pyridine rings is 1. The summed E-state index contributed by atoms with van der Waals surface area (Å²) in [6.07, 6.45) is -0.867. The van der Waals surface area contributed by atoms with Crippen LogP contribution in [0.25, 0.3) is 10.8 Å². The molecule has 0 radical (unpaired) electrons. The van der Waals surface area contributed by atoms with E-state index in [4.69, 9.17) is 5.73 Å². The molecule has 0 aliphatic rings. The van der Waals surface area contributed by atoms with E-state index < -0.39 is 12.6 Å². The first kappa shape index (κ1) is 14.4. The summed E-state index contributed by atoms with van der Waals surface area (Å²) in [7, 11) is 0. The van der Waals surface area contributed by atoms with Crippen LogP contribution in [-0.2, 0) is 0 Å². The molecule has 1 aromatic carbocycles. The van der Waals surface area contributed by atoms with E-state index in [9.17, 15) is 13.2 Å². The molecule has 0 spiro atoms. The van der Waals surface area contributed by atoms with E-state index in [-0.39, 0.29) is 6.42 Å². The lowest BCUT2D eigenvalue weighted by Crippen LogP contribution is -2.09. The fourth-order valence-electron chi connectivity index (χ4n) is 2.02. The largest absolute Gasteiger partial charge is 0.397 e. The predicted molar refractivity (Wildman–Crippen MR) is 74.6 cm³/mol. The summed E-state index contributed by atoms with van der Waals surface area (Å²) >= 11 is 0. The minimum Gasteiger partial charge on any atom is -0.397 e. The maximum absolute atomic E-state index is 12.0. The number of hydrogen-bond donors (Lipinski definition) is 2. The Bertz CT molecular complexity index is 581. The number of nitrogens with one attached hydrogen (secondary N) is 1. The van der Waals surface area contributed by atoms with Crippen LogP contribution in [0.4, 0.5) is 24.5 Å². The molecule has 0 aliphatic heterocycles. The normalized spacial score (nSPS) is 11.8. The van der Waals surface area contributed by atoms with Gasteiger partial charge in [0.1, 0.15) is 0 Å². The maximum atomic E-state index is 12.0. The quantitative estimate of drug-likeness (QED) is 0.645. The van der Waals surface area contributed by atoms with Crippen LogP contribution in [-0.4, -0.2) is 17.7 Å². The summed E-state index contributed by atoms with van der Waals surface area (Å²) in [6, 6.07) is 5.53. The second kappa shape index (κ2) is 5.98. The third-order valence-electron chi connectivity index (χ3n) is 3.06. The Kier molecular flexibility index (Phi) is 4.32. The Labute approximate surface area is 115 Å². The van der Waals surface area contributed by atoms with Crippen molar-refractivity contribution in [3.05, 3.63) is 30.6 Å². The smallest absolute Gasteiger partial charge is 0.389 e. The van der Waals surface area contributed by atoms with E-state index in [2.05, 4.69) is 10.3 Å². The topological polar surface area (TPSA) is 50.9 Å². The molecule has 0 bridgehead atoms. The number of unbranched alkanes of at least 4 members (excludes halogenated alkanes) is 1. The Balaban J connectivity index is 1.92. The van der Waals surface area contributed by atoms with Gasteiger partial charge in [-0.25, -0.2) is 0 Å². The Morgan fingerprint density at radius 2 is 1.95 bits per heavy atom. The van der Waals surface area contributed by atoms with Gasteiger partial charge in [0.05, 0.1) is 11.4 Å². The van der Waals surface area contributed by atoms with E-state index in [1.165, 1.54) is 0 Å². The van der Waals surface area contributed by atoms with Crippen LogP contribution in [0.3, 0.4) is 0 Å². The SMILES string of the molecule is Nc1c(NCCCCC(F)(F)F)ccc2cnccc12. The number of nitrogen functional groups attached to an aromatic ring is 1. The fraction of sp³-hybridized carbons (Fsp3) is 0.357. The molecule has 1 aromatic heterocycles. The molecule has 0 aliphatic carbocycles. The lowest BCUT2D eigenvalue weighted by Gasteiger charge is -2.12.